The number of rotatable bonds is 10. The molecule has 0 fully saturated rings. The van der Waals surface area contributed by atoms with Gasteiger partial charge in [0.25, 0.3) is 11.5 Å². The summed E-state index contributed by atoms with van der Waals surface area (Å²) in [5, 5.41) is 11.4. The van der Waals surface area contributed by atoms with E-state index in [0.717, 1.165) is 36.3 Å². The maximum Gasteiger partial charge on any atom is 0.267 e. The number of hydrogen-bond acceptors (Lipinski definition) is 5. The zero-order valence-corrected chi connectivity index (χ0v) is 20.6. The van der Waals surface area contributed by atoms with Gasteiger partial charge < -0.3 is 19.3 Å². The number of hydrogen-bond donors (Lipinski definition) is 1. The van der Waals surface area contributed by atoms with Crippen LogP contribution in [0.5, 0.6) is 11.5 Å². The molecule has 0 bridgehead atoms. The van der Waals surface area contributed by atoms with Crippen LogP contribution in [0.1, 0.15) is 49.9 Å². The van der Waals surface area contributed by atoms with Gasteiger partial charge in [-0.25, -0.2) is 0 Å². The molecule has 0 aliphatic rings. The SMILES string of the molecule is CCCCOc1ccc2c(c1)c(O)c(C(=O)N(C)c1cccc(SCCCC)c1)c(=O)n2C. The maximum absolute atomic E-state index is 13.4. The van der Waals surface area contributed by atoms with Crippen LogP contribution in [0, 0.1) is 0 Å². The zero-order valence-electron chi connectivity index (χ0n) is 19.8. The highest BCUT2D eigenvalue weighted by Gasteiger charge is 2.25. The van der Waals surface area contributed by atoms with E-state index >= 15 is 0 Å². The predicted octanol–water partition coefficient (Wildman–Crippen LogP) is 5.59. The van der Waals surface area contributed by atoms with Crippen LogP contribution in [0.2, 0.25) is 0 Å². The van der Waals surface area contributed by atoms with Gasteiger partial charge in [0.1, 0.15) is 17.1 Å². The Hall–Kier alpha value is -2.93. The summed E-state index contributed by atoms with van der Waals surface area (Å²) in [7, 11) is 3.22. The van der Waals surface area contributed by atoms with Crippen LogP contribution >= 0.6 is 11.8 Å². The van der Waals surface area contributed by atoms with Crippen molar-refractivity contribution in [2.24, 2.45) is 7.05 Å². The molecule has 176 valence electrons. The van der Waals surface area contributed by atoms with E-state index in [1.807, 2.05) is 24.3 Å². The molecule has 0 radical (unpaired) electrons. The van der Waals surface area contributed by atoms with Gasteiger partial charge in [0.05, 0.1) is 12.1 Å². The fourth-order valence-corrected chi connectivity index (χ4v) is 4.58. The molecule has 6 nitrogen and oxygen atoms in total. The summed E-state index contributed by atoms with van der Waals surface area (Å²) < 4.78 is 7.15. The number of nitrogens with zero attached hydrogens (tertiary/aromatic N) is 2. The van der Waals surface area contributed by atoms with Crippen LogP contribution in [0.4, 0.5) is 5.69 Å². The summed E-state index contributed by atoms with van der Waals surface area (Å²) >= 11 is 1.74. The van der Waals surface area contributed by atoms with E-state index in [9.17, 15) is 14.7 Å². The lowest BCUT2D eigenvalue weighted by molar-refractivity contribution is 0.0988. The van der Waals surface area contributed by atoms with Gasteiger partial charge in [0, 0.05) is 30.1 Å². The van der Waals surface area contributed by atoms with Crippen molar-refractivity contribution in [3.8, 4) is 11.5 Å². The Kier molecular flexibility index (Phi) is 8.44. The Bertz CT molecular complexity index is 1190. The van der Waals surface area contributed by atoms with E-state index in [1.165, 1.54) is 9.47 Å². The molecule has 0 aliphatic heterocycles. The molecule has 0 spiro atoms. The number of unbranched alkanes of at least 4 members (excludes halogenated alkanes) is 2. The van der Waals surface area contributed by atoms with Crippen LogP contribution in [-0.2, 0) is 7.05 Å². The van der Waals surface area contributed by atoms with Crippen molar-refractivity contribution in [3.63, 3.8) is 0 Å². The Labute approximate surface area is 199 Å². The van der Waals surface area contributed by atoms with Crippen LogP contribution in [0.15, 0.2) is 52.2 Å². The minimum Gasteiger partial charge on any atom is -0.506 e. The van der Waals surface area contributed by atoms with Gasteiger partial charge in [-0.15, -0.1) is 11.8 Å². The molecule has 0 saturated carbocycles. The summed E-state index contributed by atoms with van der Waals surface area (Å²) in [4.78, 5) is 28.9. The quantitative estimate of drug-likeness (QED) is 0.310. The van der Waals surface area contributed by atoms with Crippen LogP contribution < -0.4 is 15.2 Å². The average Bonchev–Trinajstić information content (AvgIpc) is 2.82. The minimum atomic E-state index is -0.553. The van der Waals surface area contributed by atoms with Crippen molar-refractivity contribution in [1.29, 1.82) is 0 Å². The van der Waals surface area contributed by atoms with Gasteiger partial charge in [-0.2, -0.15) is 0 Å². The average molecular weight is 469 g/mol. The number of fused-ring (bicyclic) bond motifs is 1. The molecule has 2 aromatic carbocycles. The number of aromatic nitrogens is 1. The second-order valence-corrected chi connectivity index (χ2v) is 9.20. The Morgan fingerprint density at radius 3 is 2.61 bits per heavy atom. The van der Waals surface area contributed by atoms with Crippen LogP contribution in [0.25, 0.3) is 10.9 Å². The first-order valence-corrected chi connectivity index (χ1v) is 12.4. The summed E-state index contributed by atoms with van der Waals surface area (Å²) in [6.45, 7) is 4.80. The summed E-state index contributed by atoms with van der Waals surface area (Å²) in [5.41, 5.74) is 0.417. The molecule has 3 aromatic rings. The molecule has 1 heterocycles. The molecular formula is C26H32N2O4S. The summed E-state index contributed by atoms with van der Waals surface area (Å²) in [5.74, 6) is 0.725. The number of pyridine rings is 1. The highest BCUT2D eigenvalue weighted by Crippen LogP contribution is 2.31. The van der Waals surface area contributed by atoms with E-state index < -0.39 is 11.5 Å². The number of carbonyl (C=O) groups is 1. The third-order valence-corrected chi connectivity index (χ3v) is 6.68. The fraction of sp³-hybridized carbons (Fsp3) is 0.385. The third-order valence-electron chi connectivity index (χ3n) is 5.60. The molecule has 1 N–H and O–H groups in total. The number of anilines is 1. The van der Waals surface area contributed by atoms with Crippen molar-refractivity contribution in [2.75, 3.05) is 24.3 Å². The van der Waals surface area contributed by atoms with Gasteiger partial charge in [0.15, 0.2) is 0 Å². The van der Waals surface area contributed by atoms with E-state index in [0.29, 0.717) is 28.9 Å². The standard InChI is InChI=1S/C26H32N2O4S/c1-5-7-14-32-19-12-13-22-21(17-19)24(29)23(26(31)28(22)4)25(30)27(3)18-10-9-11-20(16-18)33-15-8-6-2/h9-13,16-17,29H,5-8,14-15H2,1-4H3. The summed E-state index contributed by atoms with van der Waals surface area (Å²) in [6, 6.07) is 12.8. The topological polar surface area (TPSA) is 71.8 Å². The third kappa shape index (κ3) is 5.53. The Morgan fingerprint density at radius 1 is 1.12 bits per heavy atom. The smallest absolute Gasteiger partial charge is 0.267 e. The number of aryl methyl sites for hydroxylation is 1. The molecule has 0 saturated heterocycles. The lowest BCUT2D eigenvalue weighted by Crippen LogP contribution is -2.34. The van der Waals surface area contributed by atoms with Gasteiger partial charge in [-0.1, -0.05) is 32.8 Å². The highest BCUT2D eigenvalue weighted by molar-refractivity contribution is 7.99. The van der Waals surface area contributed by atoms with Crippen molar-refractivity contribution >= 4 is 34.3 Å². The first kappa shape index (κ1) is 24.7. The van der Waals surface area contributed by atoms with E-state index in [-0.39, 0.29) is 11.3 Å². The molecule has 0 aliphatic carbocycles. The largest absolute Gasteiger partial charge is 0.506 e. The molecular weight excluding hydrogens is 436 g/mol. The normalized spacial score (nSPS) is 11.0. The number of thioether (sulfide) groups is 1. The number of amides is 1. The predicted molar refractivity (Wildman–Crippen MR) is 136 cm³/mol. The van der Waals surface area contributed by atoms with E-state index in [1.54, 1.807) is 44.1 Å². The number of benzene rings is 2. The van der Waals surface area contributed by atoms with Crippen molar-refractivity contribution in [2.45, 2.75) is 44.4 Å². The highest BCUT2D eigenvalue weighted by atomic mass is 32.2. The van der Waals surface area contributed by atoms with Gasteiger partial charge >= 0.3 is 0 Å². The van der Waals surface area contributed by atoms with Crippen LogP contribution in [0.3, 0.4) is 0 Å². The number of ether oxygens (including phenoxy) is 1. The molecule has 0 unspecified atom stereocenters. The lowest BCUT2D eigenvalue weighted by Gasteiger charge is -2.20. The molecule has 0 atom stereocenters. The van der Waals surface area contributed by atoms with Crippen molar-refractivity contribution in [1.82, 2.24) is 4.57 Å². The fourth-order valence-electron chi connectivity index (χ4n) is 3.53. The number of carbonyl (C=O) groups excluding carboxylic acids is 1. The minimum absolute atomic E-state index is 0.248. The second-order valence-electron chi connectivity index (χ2n) is 8.03. The monoisotopic (exact) mass is 468 g/mol. The van der Waals surface area contributed by atoms with Crippen LogP contribution in [-0.4, -0.2) is 35.0 Å². The van der Waals surface area contributed by atoms with Gasteiger partial charge in [-0.3, -0.25) is 9.59 Å². The Morgan fingerprint density at radius 2 is 1.88 bits per heavy atom. The Balaban J connectivity index is 1.97. The van der Waals surface area contributed by atoms with E-state index in [4.69, 9.17) is 4.74 Å². The zero-order chi connectivity index (χ0) is 24.0. The number of aromatic hydroxyl groups is 1. The maximum atomic E-state index is 13.4. The second kappa shape index (κ2) is 11.3. The lowest BCUT2D eigenvalue weighted by atomic mass is 10.1. The molecule has 33 heavy (non-hydrogen) atoms. The first-order valence-electron chi connectivity index (χ1n) is 11.4. The van der Waals surface area contributed by atoms with Gasteiger partial charge in [-0.05, 0) is 55.0 Å². The molecule has 1 aromatic heterocycles. The first-order chi connectivity index (χ1) is 15.9. The van der Waals surface area contributed by atoms with Gasteiger partial charge in [0.2, 0.25) is 0 Å². The molecule has 1 amide bonds. The van der Waals surface area contributed by atoms with E-state index in [2.05, 4.69) is 13.8 Å². The molecule has 3 rings (SSSR count). The van der Waals surface area contributed by atoms with Crippen molar-refractivity contribution in [3.05, 3.63) is 58.4 Å². The van der Waals surface area contributed by atoms with Crippen molar-refractivity contribution < 1.29 is 14.6 Å². The molecule has 7 heteroatoms. The summed E-state index contributed by atoms with van der Waals surface area (Å²) in [6.07, 6.45) is 4.17.